The standard InChI is InChI=1S/C9H19N3O2/c1-6(7(13)12-8(10)14)11-5-9(2,3)4/h6,11H,5H2,1-4H3,(H3,10,12,13,14). The molecule has 1 atom stereocenters. The summed E-state index contributed by atoms with van der Waals surface area (Å²) < 4.78 is 0. The average Bonchev–Trinajstić information content (AvgIpc) is 1.97. The van der Waals surface area contributed by atoms with Crippen LogP contribution in [0.2, 0.25) is 0 Å². The average molecular weight is 201 g/mol. The largest absolute Gasteiger partial charge is 0.351 e. The van der Waals surface area contributed by atoms with Crippen LogP contribution in [0.25, 0.3) is 0 Å². The van der Waals surface area contributed by atoms with Crippen LogP contribution in [0.1, 0.15) is 27.7 Å². The van der Waals surface area contributed by atoms with E-state index in [4.69, 9.17) is 5.73 Å². The Bertz CT molecular complexity index is 221. The Hall–Kier alpha value is -1.10. The molecule has 0 aromatic rings. The molecule has 0 aliphatic carbocycles. The number of carbonyl (C=O) groups excluding carboxylic acids is 2. The number of primary amides is 1. The zero-order chi connectivity index (χ0) is 11.4. The summed E-state index contributed by atoms with van der Waals surface area (Å²) in [6, 6.07) is -1.24. The Labute approximate surface area is 84.4 Å². The van der Waals surface area contributed by atoms with E-state index in [1.54, 1.807) is 6.92 Å². The molecule has 14 heavy (non-hydrogen) atoms. The van der Waals surface area contributed by atoms with E-state index in [0.717, 1.165) is 0 Å². The Morgan fingerprint density at radius 3 is 2.21 bits per heavy atom. The summed E-state index contributed by atoms with van der Waals surface area (Å²) in [6.45, 7) is 8.54. The first kappa shape index (κ1) is 12.9. The number of amides is 3. The van der Waals surface area contributed by atoms with Crippen molar-refractivity contribution >= 4 is 11.9 Å². The lowest BCUT2D eigenvalue weighted by Gasteiger charge is -2.21. The number of carbonyl (C=O) groups is 2. The number of imide groups is 1. The Morgan fingerprint density at radius 2 is 1.86 bits per heavy atom. The summed E-state index contributed by atoms with van der Waals surface area (Å²) in [5.41, 5.74) is 4.91. The fraction of sp³-hybridized carbons (Fsp3) is 0.778. The van der Waals surface area contributed by atoms with Gasteiger partial charge in [-0.15, -0.1) is 0 Å². The monoisotopic (exact) mass is 201 g/mol. The molecule has 0 bridgehead atoms. The first-order chi connectivity index (χ1) is 6.22. The predicted octanol–water partition coefficient (Wildman–Crippen LogP) is 0.206. The highest BCUT2D eigenvalue weighted by molar-refractivity contribution is 5.96. The number of rotatable bonds is 3. The van der Waals surface area contributed by atoms with Gasteiger partial charge in [0.1, 0.15) is 0 Å². The summed E-state index contributed by atoms with van der Waals surface area (Å²) in [6.07, 6.45) is 0. The Kier molecular flexibility index (Phi) is 4.56. The van der Waals surface area contributed by atoms with Crippen molar-refractivity contribution in [1.82, 2.24) is 10.6 Å². The van der Waals surface area contributed by atoms with Gasteiger partial charge in [-0.2, -0.15) is 0 Å². The molecular weight excluding hydrogens is 182 g/mol. The summed E-state index contributed by atoms with van der Waals surface area (Å²) in [7, 11) is 0. The molecule has 82 valence electrons. The minimum atomic E-state index is -0.820. The third-order valence-electron chi connectivity index (χ3n) is 1.58. The molecular formula is C9H19N3O2. The van der Waals surface area contributed by atoms with E-state index in [2.05, 4.69) is 26.1 Å². The molecule has 0 spiro atoms. The third-order valence-corrected chi connectivity index (χ3v) is 1.58. The molecule has 0 heterocycles. The molecule has 0 aromatic carbocycles. The van der Waals surface area contributed by atoms with Crippen LogP contribution in [0.3, 0.4) is 0 Å². The maximum atomic E-state index is 11.2. The van der Waals surface area contributed by atoms with Crippen LogP contribution in [0.4, 0.5) is 4.79 Å². The van der Waals surface area contributed by atoms with E-state index in [-0.39, 0.29) is 5.41 Å². The lowest BCUT2D eigenvalue weighted by Crippen LogP contribution is -2.48. The van der Waals surface area contributed by atoms with E-state index < -0.39 is 18.0 Å². The smallest absolute Gasteiger partial charge is 0.318 e. The van der Waals surface area contributed by atoms with E-state index in [1.165, 1.54) is 0 Å². The molecule has 1 unspecified atom stereocenters. The number of hydrogen-bond acceptors (Lipinski definition) is 3. The number of urea groups is 1. The van der Waals surface area contributed by atoms with Crippen LogP contribution >= 0.6 is 0 Å². The molecule has 0 aliphatic heterocycles. The van der Waals surface area contributed by atoms with E-state index in [9.17, 15) is 9.59 Å². The van der Waals surface area contributed by atoms with Crippen molar-refractivity contribution in [3.05, 3.63) is 0 Å². The van der Waals surface area contributed by atoms with Crippen LogP contribution in [0.5, 0.6) is 0 Å². The van der Waals surface area contributed by atoms with Gasteiger partial charge in [-0.1, -0.05) is 20.8 Å². The molecule has 0 aromatic heterocycles. The minimum absolute atomic E-state index is 0.0985. The molecule has 5 heteroatoms. The lowest BCUT2D eigenvalue weighted by atomic mass is 9.96. The zero-order valence-electron chi connectivity index (χ0n) is 9.18. The summed E-state index contributed by atoms with van der Waals surface area (Å²) in [4.78, 5) is 21.6. The van der Waals surface area contributed by atoms with Gasteiger partial charge in [0.25, 0.3) is 0 Å². The maximum Gasteiger partial charge on any atom is 0.318 e. The topological polar surface area (TPSA) is 84.2 Å². The lowest BCUT2D eigenvalue weighted by molar-refractivity contribution is -0.121. The number of nitrogens with two attached hydrogens (primary N) is 1. The van der Waals surface area contributed by atoms with Crippen molar-refractivity contribution in [3.8, 4) is 0 Å². The van der Waals surface area contributed by atoms with Crippen molar-refractivity contribution in [2.75, 3.05) is 6.54 Å². The van der Waals surface area contributed by atoms with Gasteiger partial charge in [0, 0.05) is 6.54 Å². The van der Waals surface area contributed by atoms with Crippen molar-refractivity contribution in [1.29, 1.82) is 0 Å². The fourth-order valence-electron chi connectivity index (χ4n) is 0.782. The molecule has 3 amide bonds. The SMILES string of the molecule is CC(NCC(C)(C)C)C(=O)NC(N)=O. The zero-order valence-corrected chi connectivity index (χ0v) is 9.18. The van der Waals surface area contributed by atoms with Crippen LogP contribution in [-0.4, -0.2) is 24.5 Å². The fourth-order valence-corrected chi connectivity index (χ4v) is 0.782. The normalized spacial score (nSPS) is 13.4. The molecule has 5 nitrogen and oxygen atoms in total. The van der Waals surface area contributed by atoms with Gasteiger partial charge in [0.2, 0.25) is 5.91 Å². The highest BCUT2D eigenvalue weighted by atomic mass is 16.2. The van der Waals surface area contributed by atoms with Crippen LogP contribution in [0, 0.1) is 5.41 Å². The van der Waals surface area contributed by atoms with Crippen LogP contribution in [0.15, 0.2) is 0 Å². The second kappa shape index (κ2) is 4.95. The Balaban J connectivity index is 3.90. The summed E-state index contributed by atoms with van der Waals surface area (Å²) in [5.74, 6) is -0.401. The number of nitrogens with one attached hydrogen (secondary N) is 2. The molecule has 0 fully saturated rings. The van der Waals surface area contributed by atoms with Crippen molar-refractivity contribution in [2.45, 2.75) is 33.7 Å². The Morgan fingerprint density at radius 1 is 1.36 bits per heavy atom. The van der Waals surface area contributed by atoms with Gasteiger partial charge in [0.15, 0.2) is 0 Å². The molecule has 0 radical (unpaired) electrons. The van der Waals surface area contributed by atoms with E-state index in [0.29, 0.717) is 6.54 Å². The minimum Gasteiger partial charge on any atom is -0.351 e. The summed E-state index contributed by atoms with van der Waals surface area (Å²) >= 11 is 0. The third kappa shape index (κ3) is 6.42. The highest BCUT2D eigenvalue weighted by Gasteiger charge is 2.17. The molecule has 0 aliphatic rings. The second-order valence-electron chi connectivity index (χ2n) is 4.52. The van der Waals surface area contributed by atoms with E-state index >= 15 is 0 Å². The number of hydrogen-bond donors (Lipinski definition) is 3. The van der Waals surface area contributed by atoms with Gasteiger partial charge >= 0.3 is 6.03 Å². The van der Waals surface area contributed by atoms with Crippen LogP contribution in [-0.2, 0) is 4.79 Å². The second-order valence-corrected chi connectivity index (χ2v) is 4.52. The van der Waals surface area contributed by atoms with Gasteiger partial charge in [-0.25, -0.2) is 4.79 Å². The van der Waals surface area contributed by atoms with Gasteiger partial charge < -0.3 is 11.1 Å². The quantitative estimate of drug-likeness (QED) is 0.610. The van der Waals surface area contributed by atoms with Gasteiger partial charge in [-0.3, -0.25) is 10.1 Å². The first-order valence-corrected chi connectivity index (χ1v) is 4.56. The molecule has 0 saturated carbocycles. The maximum absolute atomic E-state index is 11.2. The van der Waals surface area contributed by atoms with Gasteiger partial charge in [-0.05, 0) is 12.3 Å². The van der Waals surface area contributed by atoms with Crippen molar-refractivity contribution in [3.63, 3.8) is 0 Å². The van der Waals surface area contributed by atoms with Crippen molar-refractivity contribution in [2.24, 2.45) is 11.1 Å². The van der Waals surface area contributed by atoms with Gasteiger partial charge in [0.05, 0.1) is 6.04 Å². The molecule has 0 saturated heterocycles. The molecule has 4 N–H and O–H groups in total. The molecule has 0 rings (SSSR count). The van der Waals surface area contributed by atoms with E-state index in [1.807, 2.05) is 5.32 Å². The summed E-state index contributed by atoms with van der Waals surface area (Å²) in [5, 5.41) is 5.02. The highest BCUT2D eigenvalue weighted by Crippen LogP contribution is 2.10. The van der Waals surface area contributed by atoms with Crippen LogP contribution < -0.4 is 16.4 Å². The van der Waals surface area contributed by atoms with Crippen molar-refractivity contribution < 1.29 is 9.59 Å². The first-order valence-electron chi connectivity index (χ1n) is 4.56. The predicted molar refractivity (Wildman–Crippen MR) is 54.6 cm³/mol.